The maximum absolute atomic E-state index is 12.4. The Hall–Kier alpha value is -1.94. The van der Waals surface area contributed by atoms with Crippen LogP contribution in [0.5, 0.6) is 0 Å². The van der Waals surface area contributed by atoms with Crippen LogP contribution < -0.4 is 10.6 Å². The first-order valence-corrected chi connectivity index (χ1v) is 9.86. The largest absolute Gasteiger partial charge is 0.349 e. The fourth-order valence-corrected chi connectivity index (χ4v) is 3.67. The molecule has 0 bridgehead atoms. The predicted molar refractivity (Wildman–Crippen MR) is 97.1 cm³/mol. The molecule has 0 saturated heterocycles. The monoisotopic (exact) mass is 382 g/mol. The van der Waals surface area contributed by atoms with Gasteiger partial charge in [-0.05, 0) is 42.3 Å². The zero-order chi connectivity index (χ0) is 18.2. The van der Waals surface area contributed by atoms with Crippen LogP contribution in [0.25, 0.3) is 0 Å². The highest BCUT2D eigenvalue weighted by atomic mass is 32.1. The Balaban J connectivity index is 1.96. The number of rotatable bonds is 9. The maximum Gasteiger partial charge on any atom is 0.265 e. The summed E-state index contributed by atoms with van der Waals surface area (Å²) in [6, 6.07) is -0.154. The van der Waals surface area contributed by atoms with Crippen molar-refractivity contribution < 1.29 is 9.59 Å². The second-order valence-corrected chi connectivity index (χ2v) is 6.98. The van der Waals surface area contributed by atoms with Gasteiger partial charge in [0, 0.05) is 12.6 Å². The number of hydrogen-bond donors (Lipinski definition) is 2. The van der Waals surface area contributed by atoms with Crippen molar-refractivity contribution in [2.24, 2.45) is 0 Å². The van der Waals surface area contributed by atoms with Gasteiger partial charge in [-0.3, -0.25) is 9.59 Å². The predicted octanol–water partition coefficient (Wildman–Crippen LogP) is 1.84. The zero-order valence-corrected chi connectivity index (χ0v) is 16.2. The van der Waals surface area contributed by atoms with Gasteiger partial charge in [-0.2, -0.15) is 0 Å². The highest BCUT2D eigenvalue weighted by molar-refractivity contribution is 7.08. The molecule has 2 N–H and O–H groups in total. The molecule has 25 heavy (non-hydrogen) atoms. The molecule has 0 aliphatic rings. The first-order valence-electron chi connectivity index (χ1n) is 8.32. The molecule has 10 heteroatoms. The summed E-state index contributed by atoms with van der Waals surface area (Å²) in [6.45, 7) is 6.26. The van der Waals surface area contributed by atoms with Gasteiger partial charge in [0.15, 0.2) is 0 Å². The molecule has 1 atom stereocenters. The van der Waals surface area contributed by atoms with Gasteiger partial charge in [-0.25, -0.2) is 0 Å². The highest BCUT2D eigenvalue weighted by Crippen LogP contribution is 2.13. The summed E-state index contributed by atoms with van der Waals surface area (Å²) in [5.74, 6) is -0.385. The summed E-state index contributed by atoms with van der Waals surface area (Å²) in [7, 11) is 0. The van der Waals surface area contributed by atoms with Crippen LogP contribution in [0.1, 0.15) is 64.3 Å². The zero-order valence-electron chi connectivity index (χ0n) is 14.5. The lowest BCUT2D eigenvalue weighted by atomic mass is 10.1. The number of nitrogens with one attached hydrogen (secondary N) is 2. The third-order valence-corrected chi connectivity index (χ3v) is 5.21. The summed E-state index contributed by atoms with van der Waals surface area (Å²) in [5, 5.41) is 13.8. The lowest BCUT2D eigenvalue weighted by Crippen LogP contribution is -2.43. The Bertz CT molecular complexity index is 714. The van der Waals surface area contributed by atoms with Gasteiger partial charge in [0.2, 0.25) is 0 Å². The van der Waals surface area contributed by atoms with Crippen LogP contribution in [0.4, 0.5) is 0 Å². The third kappa shape index (κ3) is 5.02. The summed E-state index contributed by atoms with van der Waals surface area (Å²) in [4.78, 5) is 25.8. The van der Waals surface area contributed by atoms with Crippen molar-refractivity contribution >= 4 is 34.9 Å². The SMILES string of the molecule is CCCC(CNC(=O)c1snnc1CC)NC(=O)c1snnc1CC. The van der Waals surface area contributed by atoms with E-state index < -0.39 is 0 Å². The van der Waals surface area contributed by atoms with E-state index in [1.165, 1.54) is 0 Å². The molecule has 0 radical (unpaired) electrons. The normalized spacial score (nSPS) is 12.0. The molecule has 2 aromatic rings. The standard InChI is InChI=1S/C15H22N6O2S2/c1-4-7-9(17-15(23)13-11(6-3)19-21-25-13)8-16-14(22)12-10(5-2)18-20-24-12/h9H,4-8H2,1-3H3,(H,16,22)(H,17,23). The van der Waals surface area contributed by atoms with Gasteiger partial charge in [-0.15, -0.1) is 10.2 Å². The van der Waals surface area contributed by atoms with E-state index in [0.717, 1.165) is 35.9 Å². The molecule has 0 fully saturated rings. The molecule has 8 nitrogen and oxygen atoms in total. The van der Waals surface area contributed by atoms with Crippen LogP contribution in [0.2, 0.25) is 0 Å². The van der Waals surface area contributed by atoms with Gasteiger partial charge in [0.25, 0.3) is 11.8 Å². The summed E-state index contributed by atoms with van der Waals surface area (Å²) < 4.78 is 7.67. The average molecular weight is 383 g/mol. The minimum Gasteiger partial charge on any atom is -0.349 e. The molecule has 0 aliphatic carbocycles. The lowest BCUT2D eigenvalue weighted by Gasteiger charge is -2.18. The Labute approximate surface area is 154 Å². The lowest BCUT2D eigenvalue weighted by molar-refractivity contribution is 0.0909. The summed E-state index contributed by atoms with van der Waals surface area (Å²) in [5.41, 5.74) is 1.40. The van der Waals surface area contributed by atoms with Crippen molar-refractivity contribution in [3.63, 3.8) is 0 Å². The number of amides is 2. The average Bonchev–Trinajstić information content (AvgIpc) is 3.27. The minimum atomic E-state index is -0.198. The van der Waals surface area contributed by atoms with Gasteiger partial charge < -0.3 is 10.6 Å². The third-order valence-electron chi connectivity index (χ3n) is 3.68. The van der Waals surface area contributed by atoms with E-state index in [2.05, 4.69) is 29.8 Å². The van der Waals surface area contributed by atoms with Crippen molar-refractivity contribution in [3.8, 4) is 0 Å². The van der Waals surface area contributed by atoms with Crippen molar-refractivity contribution in [2.75, 3.05) is 6.54 Å². The fraction of sp³-hybridized carbons (Fsp3) is 0.600. The second-order valence-electron chi connectivity index (χ2n) is 5.47. The van der Waals surface area contributed by atoms with Crippen LogP contribution in [0.15, 0.2) is 0 Å². The summed E-state index contributed by atoms with van der Waals surface area (Å²) >= 11 is 2.18. The van der Waals surface area contributed by atoms with Crippen LogP contribution >= 0.6 is 23.1 Å². The van der Waals surface area contributed by atoms with Crippen LogP contribution in [-0.2, 0) is 12.8 Å². The minimum absolute atomic E-state index is 0.154. The van der Waals surface area contributed by atoms with Gasteiger partial charge in [-0.1, -0.05) is 36.2 Å². The molecular weight excluding hydrogens is 360 g/mol. The molecule has 0 spiro atoms. The Morgan fingerprint density at radius 3 is 2.04 bits per heavy atom. The number of aryl methyl sites for hydroxylation is 2. The van der Waals surface area contributed by atoms with E-state index in [1.54, 1.807) is 0 Å². The molecule has 0 saturated carbocycles. The molecule has 0 aromatic carbocycles. The number of hydrogen-bond acceptors (Lipinski definition) is 8. The van der Waals surface area contributed by atoms with Crippen LogP contribution in [0, 0.1) is 0 Å². The van der Waals surface area contributed by atoms with E-state index in [0.29, 0.717) is 40.5 Å². The van der Waals surface area contributed by atoms with Crippen LogP contribution in [-0.4, -0.2) is 43.6 Å². The smallest absolute Gasteiger partial charge is 0.265 e. The van der Waals surface area contributed by atoms with Gasteiger partial charge in [0.05, 0.1) is 11.4 Å². The van der Waals surface area contributed by atoms with Crippen molar-refractivity contribution in [1.29, 1.82) is 0 Å². The molecular formula is C15H22N6O2S2. The van der Waals surface area contributed by atoms with E-state index in [9.17, 15) is 9.59 Å². The van der Waals surface area contributed by atoms with Crippen molar-refractivity contribution in [2.45, 2.75) is 52.5 Å². The number of nitrogens with zero attached hydrogens (tertiary/aromatic N) is 4. The van der Waals surface area contributed by atoms with Crippen molar-refractivity contribution in [3.05, 3.63) is 21.1 Å². The Morgan fingerprint density at radius 1 is 0.960 bits per heavy atom. The topological polar surface area (TPSA) is 110 Å². The van der Waals surface area contributed by atoms with E-state index >= 15 is 0 Å². The van der Waals surface area contributed by atoms with Gasteiger partial charge in [0.1, 0.15) is 9.75 Å². The molecule has 2 aromatic heterocycles. The number of carbonyl (C=O) groups excluding carboxylic acids is 2. The Morgan fingerprint density at radius 2 is 1.52 bits per heavy atom. The van der Waals surface area contributed by atoms with Gasteiger partial charge >= 0.3 is 0 Å². The van der Waals surface area contributed by atoms with Crippen molar-refractivity contribution in [1.82, 2.24) is 29.8 Å². The van der Waals surface area contributed by atoms with E-state index in [-0.39, 0.29) is 17.9 Å². The first-order chi connectivity index (χ1) is 12.1. The van der Waals surface area contributed by atoms with E-state index in [1.807, 2.05) is 20.8 Å². The second kappa shape index (κ2) is 9.52. The molecule has 2 rings (SSSR count). The summed E-state index contributed by atoms with van der Waals surface area (Å²) in [6.07, 6.45) is 2.98. The quantitative estimate of drug-likeness (QED) is 0.685. The molecule has 0 aliphatic heterocycles. The highest BCUT2D eigenvalue weighted by Gasteiger charge is 2.20. The van der Waals surface area contributed by atoms with Crippen LogP contribution in [0.3, 0.4) is 0 Å². The Kier molecular flexibility index (Phi) is 7.38. The fourth-order valence-electron chi connectivity index (χ4n) is 2.35. The molecule has 2 heterocycles. The van der Waals surface area contributed by atoms with E-state index in [4.69, 9.17) is 0 Å². The molecule has 2 amide bonds. The number of carbonyl (C=O) groups is 2. The number of aromatic nitrogens is 4. The first kappa shape index (κ1) is 19.4. The maximum atomic E-state index is 12.4. The molecule has 1 unspecified atom stereocenters. The molecule has 136 valence electrons.